The first-order valence-electron chi connectivity index (χ1n) is 6.05. The molecule has 0 aliphatic heterocycles. The Hall–Kier alpha value is -1.37. The highest BCUT2D eigenvalue weighted by Gasteiger charge is 2.31. The van der Waals surface area contributed by atoms with Crippen LogP contribution in [0.1, 0.15) is 26.3 Å². The molecule has 1 amide bonds. The number of carbonyl (C=O) groups is 1. The van der Waals surface area contributed by atoms with Crippen LogP contribution in [0.3, 0.4) is 0 Å². The van der Waals surface area contributed by atoms with Crippen molar-refractivity contribution in [2.75, 3.05) is 5.73 Å². The highest BCUT2D eigenvalue weighted by atomic mass is 32.2. The van der Waals surface area contributed by atoms with E-state index in [0.29, 0.717) is 4.90 Å². The molecule has 1 aromatic carbocycles. The Balaban J connectivity index is 2.81. The number of amides is 1. The number of anilines is 1. The van der Waals surface area contributed by atoms with Gasteiger partial charge in [-0.2, -0.15) is 13.2 Å². The molecule has 0 heterocycles. The summed E-state index contributed by atoms with van der Waals surface area (Å²) < 4.78 is 37.5. The summed E-state index contributed by atoms with van der Waals surface area (Å²) >= 11 is 1.14. The molecule has 1 rings (SSSR count). The molecule has 0 aromatic heterocycles. The standard InChI is InChI=1S/C13H17F3N2OS/c1-7(2)18-12(19)8(3)20-11-5-4-9(6-10(11)17)13(14,15)16/h4-8H,17H2,1-3H3,(H,18,19). The van der Waals surface area contributed by atoms with Crippen LogP contribution in [0.5, 0.6) is 0 Å². The third kappa shape index (κ3) is 4.63. The number of nitrogens with two attached hydrogens (primary N) is 1. The van der Waals surface area contributed by atoms with Crippen molar-refractivity contribution in [1.29, 1.82) is 0 Å². The number of nitrogens with one attached hydrogen (secondary N) is 1. The van der Waals surface area contributed by atoms with Crippen LogP contribution in [0.2, 0.25) is 0 Å². The Bertz CT molecular complexity index is 489. The summed E-state index contributed by atoms with van der Waals surface area (Å²) in [6, 6.07) is 3.15. The van der Waals surface area contributed by atoms with Crippen LogP contribution >= 0.6 is 11.8 Å². The summed E-state index contributed by atoms with van der Waals surface area (Å²) in [5, 5.41) is 2.30. The number of benzene rings is 1. The van der Waals surface area contributed by atoms with Gasteiger partial charge in [0.25, 0.3) is 0 Å². The van der Waals surface area contributed by atoms with E-state index in [0.717, 1.165) is 23.9 Å². The monoisotopic (exact) mass is 306 g/mol. The molecule has 1 unspecified atom stereocenters. The van der Waals surface area contributed by atoms with E-state index in [9.17, 15) is 18.0 Å². The second kappa shape index (κ2) is 6.39. The highest BCUT2D eigenvalue weighted by Crippen LogP contribution is 2.35. The second-order valence-electron chi connectivity index (χ2n) is 4.67. The first-order valence-corrected chi connectivity index (χ1v) is 6.93. The van der Waals surface area contributed by atoms with Crippen LogP contribution in [0.4, 0.5) is 18.9 Å². The van der Waals surface area contributed by atoms with E-state index < -0.39 is 17.0 Å². The van der Waals surface area contributed by atoms with Crippen LogP contribution in [0.15, 0.2) is 23.1 Å². The highest BCUT2D eigenvalue weighted by molar-refractivity contribution is 8.00. The molecule has 7 heteroatoms. The van der Waals surface area contributed by atoms with Gasteiger partial charge in [0.2, 0.25) is 5.91 Å². The summed E-state index contributed by atoms with van der Waals surface area (Å²) in [7, 11) is 0. The molecule has 0 radical (unpaired) electrons. The Labute approximate surface area is 120 Å². The third-order valence-electron chi connectivity index (χ3n) is 2.44. The minimum Gasteiger partial charge on any atom is -0.398 e. The molecule has 0 saturated heterocycles. The first kappa shape index (κ1) is 16.7. The average Bonchev–Trinajstić information content (AvgIpc) is 2.29. The van der Waals surface area contributed by atoms with Crippen molar-refractivity contribution in [3.05, 3.63) is 23.8 Å². The minimum atomic E-state index is -4.42. The van der Waals surface area contributed by atoms with Crippen molar-refractivity contribution in [3.63, 3.8) is 0 Å². The van der Waals surface area contributed by atoms with Crippen LogP contribution in [-0.2, 0) is 11.0 Å². The van der Waals surface area contributed by atoms with E-state index in [-0.39, 0.29) is 17.6 Å². The minimum absolute atomic E-state index is 0.00972. The van der Waals surface area contributed by atoms with Crippen molar-refractivity contribution < 1.29 is 18.0 Å². The Kier molecular flexibility index (Phi) is 5.33. The maximum Gasteiger partial charge on any atom is 0.416 e. The molecule has 0 aliphatic carbocycles. The zero-order chi connectivity index (χ0) is 15.5. The van der Waals surface area contributed by atoms with Crippen LogP contribution < -0.4 is 11.1 Å². The van der Waals surface area contributed by atoms with E-state index >= 15 is 0 Å². The van der Waals surface area contributed by atoms with E-state index in [4.69, 9.17) is 5.73 Å². The van der Waals surface area contributed by atoms with E-state index in [1.54, 1.807) is 6.92 Å². The predicted octanol–water partition coefficient (Wildman–Crippen LogP) is 3.29. The smallest absolute Gasteiger partial charge is 0.398 e. The van der Waals surface area contributed by atoms with Crippen molar-refractivity contribution >= 4 is 23.4 Å². The first-order chi connectivity index (χ1) is 9.11. The number of alkyl halides is 3. The zero-order valence-electron chi connectivity index (χ0n) is 11.4. The molecule has 3 N–H and O–H groups in total. The van der Waals surface area contributed by atoms with Crippen molar-refractivity contribution in [2.45, 2.75) is 43.1 Å². The van der Waals surface area contributed by atoms with Crippen LogP contribution in [-0.4, -0.2) is 17.2 Å². The lowest BCUT2D eigenvalue weighted by Crippen LogP contribution is -2.35. The molecule has 1 aromatic rings. The molecule has 1 atom stereocenters. The fourth-order valence-electron chi connectivity index (χ4n) is 1.48. The summed E-state index contributed by atoms with van der Waals surface area (Å²) in [6.45, 7) is 5.35. The lowest BCUT2D eigenvalue weighted by atomic mass is 10.2. The van der Waals surface area contributed by atoms with Gasteiger partial charge >= 0.3 is 6.18 Å². The molecule has 0 fully saturated rings. The Morgan fingerprint density at radius 1 is 1.30 bits per heavy atom. The molecule has 0 bridgehead atoms. The van der Waals surface area contributed by atoms with Gasteiger partial charge in [0.15, 0.2) is 0 Å². The van der Waals surface area contributed by atoms with Gasteiger partial charge < -0.3 is 11.1 Å². The number of carbonyl (C=O) groups excluding carboxylic acids is 1. The maximum atomic E-state index is 12.5. The van der Waals surface area contributed by atoms with Gasteiger partial charge in [-0.15, -0.1) is 11.8 Å². The molecular weight excluding hydrogens is 289 g/mol. The predicted molar refractivity (Wildman–Crippen MR) is 74.5 cm³/mol. The molecule has 20 heavy (non-hydrogen) atoms. The molecule has 0 saturated carbocycles. The van der Waals surface area contributed by atoms with Crippen molar-refractivity contribution in [2.24, 2.45) is 0 Å². The summed E-state index contributed by atoms with van der Waals surface area (Å²) in [4.78, 5) is 12.2. The van der Waals surface area contributed by atoms with Crippen LogP contribution in [0.25, 0.3) is 0 Å². The fourth-order valence-corrected chi connectivity index (χ4v) is 2.38. The lowest BCUT2D eigenvalue weighted by Gasteiger charge is -2.16. The summed E-state index contributed by atoms with van der Waals surface area (Å²) in [5.74, 6) is -0.177. The van der Waals surface area contributed by atoms with Gasteiger partial charge in [0.05, 0.1) is 10.8 Å². The molecule has 3 nitrogen and oxygen atoms in total. The number of rotatable bonds is 4. The van der Waals surface area contributed by atoms with E-state index in [1.807, 2.05) is 13.8 Å². The quantitative estimate of drug-likeness (QED) is 0.663. The van der Waals surface area contributed by atoms with Crippen LogP contribution in [0, 0.1) is 0 Å². The van der Waals surface area contributed by atoms with Gasteiger partial charge in [-0.1, -0.05) is 0 Å². The summed E-state index contributed by atoms with van der Waals surface area (Å²) in [6.07, 6.45) is -4.42. The number of hydrogen-bond acceptors (Lipinski definition) is 3. The van der Waals surface area contributed by atoms with E-state index in [1.165, 1.54) is 6.07 Å². The number of halogens is 3. The van der Waals surface area contributed by atoms with Gasteiger partial charge in [-0.3, -0.25) is 4.79 Å². The fraction of sp³-hybridized carbons (Fsp3) is 0.462. The molecule has 0 spiro atoms. The molecule has 112 valence electrons. The molecule has 0 aliphatic rings. The summed E-state index contributed by atoms with van der Waals surface area (Å²) in [5.41, 5.74) is 4.84. The number of hydrogen-bond donors (Lipinski definition) is 2. The van der Waals surface area contributed by atoms with Gasteiger partial charge in [0, 0.05) is 16.6 Å². The van der Waals surface area contributed by atoms with Crippen molar-refractivity contribution in [3.8, 4) is 0 Å². The van der Waals surface area contributed by atoms with E-state index in [2.05, 4.69) is 5.32 Å². The largest absolute Gasteiger partial charge is 0.416 e. The normalized spacial score (nSPS) is 13.3. The molecular formula is C13H17F3N2OS. The topological polar surface area (TPSA) is 55.1 Å². The zero-order valence-corrected chi connectivity index (χ0v) is 12.2. The Morgan fingerprint density at radius 2 is 1.90 bits per heavy atom. The number of nitrogen functional groups attached to an aromatic ring is 1. The van der Waals surface area contributed by atoms with Crippen molar-refractivity contribution in [1.82, 2.24) is 5.32 Å². The van der Waals surface area contributed by atoms with Gasteiger partial charge in [-0.25, -0.2) is 0 Å². The lowest BCUT2D eigenvalue weighted by molar-refractivity contribution is -0.137. The third-order valence-corrected chi connectivity index (χ3v) is 3.63. The second-order valence-corrected chi connectivity index (χ2v) is 6.06. The maximum absolute atomic E-state index is 12.5. The van der Waals surface area contributed by atoms with Gasteiger partial charge in [0.1, 0.15) is 0 Å². The van der Waals surface area contributed by atoms with Gasteiger partial charge in [-0.05, 0) is 39.0 Å². The number of thioether (sulfide) groups is 1. The average molecular weight is 306 g/mol. The Morgan fingerprint density at radius 3 is 2.35 bits per heavy atom. The SMILES string of the molecule is CC(C)NC(=O)C(C)Sc1ccc(C(F)(F)F)cc1N.